The van der Waals surface area contributed by atoms with Crippen molar-refractivity contribution in [1.29, 1.82) is 0 Å². The molecule has 0 aliphatic carbocycles. The van der Waals surface area contributed by atoms with E-state index in [1.54, 1.807) is 35.2 Å². The number of sulfonamides is 1. The third-order valence-corrected chi connectivity index (χ3v) is 6.56. The number of nitrogens with one attached hydrogen (secondary N) is 1. The fourth-order valence-corrected chi connectivity index (χ4v) is 4.67. The van der Waals surface area contributed by atoms with Gasteiger partial charge in [0.05, 0.1) is 26.2 Å². The van der Waals surface area contributed by atoms with Crippen molar-refractivity contribution in [1.82, 2.24) is 19.7 Å². The average molecular weight is 476 g/mol. The van der Waals surface area contributed by atoms with E-state index in [2.05, 4.69) is 14.9 Å². The first kappa shape index (κ1) is 22.6. The van der Waals surface area contributed by atoms with Crippen molar-refractivity contribution in [3.05, 3.63) is 36.6 Å². The molecule has 0 radical (unpaired) electrons. The zero-order chi connectivity index (χ0) is 23.4. The summed E-state index contributed by atoms with van der Waals surface area (Å²) in [5.74, 6) is 0.783. The first-order valence-corrected chi connectivity index (χ1v) is 12.1. The molecule has 0 bridgehead atoms. The van der Waals surface area contributed by atoms with Crippen molar-refractivity contribution in [3.63, 3.8) is 0 Å². The quantitative estimate of drug-likeness (QED) is 0.499. The molecule has 11 nitrogen and oxygen atoms in total. The zero-order valence-electron chi connectivity index (χ0n) is 18.4. The van der Waals surface area contributed by atoms with E-state index < -0.39 is 10.0 Å². The van der Waals surface area contributed by atoms with Gasteiger partial charge in [0.2, 0.25) is 27.7 Å². The summed E-state index contributed by atoms with van der Waals surface area (Å²) in [5.41, 5.74) is 0.393. The Bertz CT molecular complexity index is 1190. The van der Waals surface area contributed by atoms with Crippen molar-refractivity contribution in [2.75, 3.05) is 37.8 Å². The molecule has 0 unspecified atom stereocenters. The van der Waals surface area contributed by atoms with Gasteiger partial charge in [0.15, 0.2) is 5.76 Å². The van der Waals surface area contributed by atoms with Crippen LogP contribution < -0.4 is 14.2 Å². The van der Waals surface area contributed by atoms with Gasteiger partial charge in [-0.05, 0) is 37.1 Å². The number of carbonyl (C=O) groups is 1. The van der Waals surface area contributed by atoms with Crippen LogP contribution in [0.15, 0.2) is 41.0 Å². The number of benzene rings is 1. The Morgan fingerprint density at radius 2 is 1.79 bits per heavy atom. The molecule has 176 valence electrons. The Morgan fingerprint density at radius 3 is 2.39 bits per heavy atom. The van der Waals surface area contributed by atoms with Crippen LogP contribution in [0.5, 0.6) is 11.5 Å². The van der Waals surface area contributed by atoms with Gasteiger partial charge in [-0.1, -0.05) is 6.07 Å². The Kier molecular flexibility index (Phi) is 6.54. The summed E-state index contributed by atoms with van der Waals surface area (Å²) >= 11 is 0. The minimum absolute atomic E-state index is 0.0854. The molecule has 0 saturated carbocycles. The number of carbonyl (C=O) groups excluding carboxylic acids is 1. The number of anilines is 1. The number of ether oxygens (including phenoxy) is 2. The summed E-state index contributed by atoms with van der Waals surface area (Å²) in [6, 6.07) is 8.51. The normalized spacial score (nSPS) is 13.8. The first-order chi connectivity index (χ1) is 15.9. The third-order valence-electron chi connectivity index (χ3n) is 5.32. The maximum atomic E-state index is 12.9. The molecule has 3 heterocycles. The Morgan fingerprint density at radius 1 is 1.09 bits per heavy atom. The monoisotopic (exact) mass is 475 g/mol. The molecule has 12 heteroatoms. The summed E-state index contributed by atoms with van der Waals surface area (Å²) in [5, 5.41) is 8.18. The molecular formula is C21H25N5O6S. The third kappa shape index (κ3) is 4.80. The van der Waals surface area contributed by atoms with Crippen LogP contribution in [0.4, 0.5) is 5.95 Å². The summed E-state index contributed by atoms with van der Waals surface area (Å²) in [4.78, 5) is 14.0. The number of para-hydroxylation sites is 1. The molecule has 0 atom stereocenters. The van der Waals surface area contributed by atoms with Crippen LogP contribution in [-0.2, 0) is 14.8 Å². The number of likely N-dealkylation sites (tertiary alicyclic amines) is 1. The predicted molar refractivity (Wildman–Crippen MR) is 120 cm³/mol. The highest BCUT2D eigenvalue weighted by atomic mass is 32.2. The molecule has 1 aromatic carbocycles. The van der Waals surface area contributed by atoms with Crippen molar-refractivity contribution < 1.29 is 27.1 Å². The van der Waals surface area contributed by atoms with Gasteiger partial charge in [-0.25, -0.2) is 8.42 Å². The lowest BCUT2D eigenvalue weighted by Crippen LogP contribution is -2.30. The van der Waals surface area contributed by atoms with Gasteiger partial charge in [-0.3, -0.25) is 14.1 Å². The number of aromatic nitrogens is 3. The van der Waals surface area contributed by atoms with Crippen LogP contribution >= 0.6 is 0 Å². The van der Waals surface area contributed by atoms with Crippen molar-refractivity contribution in [3.8, 4) is 28.8 Å². The fraction of sp³-hybridized carbons (Fsp3) is 0.381. The topological polar surface area (TPSA) is 129 Å². The van der Waals surface area contributed by atoms with E-state index >= 15 is 0 Å². The van der Waals surface area contributed by atoms with Gasteiger partial charge >= 0.3 is 0 Å². The Hall–Kier alpha value is -3.54. The molecule has 1 N–H and O–H groups in total. The fourth-order valence-electron chi connectivity index (χ4n) is 3.72. The summed E-state index contributed by atoms with van der Waals surface area (Å²) in [6.07, 6.45) is 3.24. The lowest BCUT2D eigenvalue weighted by molar-refractivity contribution is -0.129. The summed E-state index contributed by atoms with van der Waals surface area (Å²) < 4.78 is 46.1. The van der Waals surface area contributed by atoms with E-state index in [0.717, 1.165) is 12.8 Å². The van der Waals surface area contributed by atoms with E-state index in [0.29, 0.717) is 36.0 Å². The van der Waals surface area contributed by atoms with Crippen molar-refractivity contribution >= 4 is 21.9 Å². The zero-order valence-corrected chi connectivity index (χ0v) is 19.2. The second-order valence-corrected chi connectivity index (χ2v) is 9.27. The number of hydrogen-bond donors (Lipinski definition) is 1. The minimum Gasteiger partial charge on any atom is -0.494 e. The molecule has 4 rings (SSSR count). The van der Waals surface area contributed by atoms with Gasteiger partial charge in [0.25, 0.3) is 0 Å². The molecule has 1 saturated heterocycles. The molecule has 3 aromatic rings. The molecule has 0 spiro atoms. The van der Waals surface area contributed by atoms with Crippen LogP contribution in [-0.4, -0.2) is 67.1 Å². The highest BCUT2D eigenvalue weighted by Gasteiger charge is 2.27. The summed E-state index contributed by atoms with van der Waals surface area (Å²) in [7, 11) is -0.939. The molecule has 1 amide bonds. The van der Waals surface area contributed by atoms with Crippen molar-refractivity contribution in [2.24, 2.45) is 0 Å². The Balaban J connectivity index is 1.69. The smallest absolute Gasteiger partial charge is 0.243 e. The van der Waals surface area contributed by atoms with Crippen LogP contribution in [0.1, 0.15) is 19.3 Å². The lowest BCUT2D eigenvalue weighted by atomic mass is 10.2. The van der Waals surface area contributed by atoms with Crippen LogP contribution in [0.25, 0.3) is 17.3 Å². The van der Waals surface area contributed by atoms with E-state index in [-0.39, 0.29) is 29.9 Å². The number of amides is 1. The van der Waals surface area contributed by atoms with Gasteiger partial charge in [-0.2, -0.15) is 0 Å². The number of nitrogens with zero attached hydrogens (tertiary/aromatic N) is 4. The van der Waals surface area contributed by atoms with Crippen LogP contribution in [0, 0.1) is 0 Å². The lowest BCUT2D eigenvalue weighted by Gasteiger charge is -2.17. The Labute approximate surface area is 191 Å². The molecule has 2 aromatic heterocycles. The van der Waals surface area contributed by atoms with Crippen LogP contribution in [0.3, 0.4) is 0 Å². The summed E-state index contributed by atoms with van der Waals surface area (Å²) in [6.45, 7) is 1.33. The second-order valence-electron chi connectivity index (χ2n) is 7.43. The predicted octanol–water partition coefficient (Wildman–Crippen LogP) is 2.30. The van der Waals surface area contributed by atoms with E-state index in [1.807, 2.05) is 0 Å². The van der Waals surface area contributed by atoms with Gasteiger partial charge in [0.1, 0.15) is 17.2 Å². The SMILES string of the molecule is COc1cccc(OC)c1-n1c(NS(=O)(=O)CCC(=O)N2CCCC2)nnc1-c1ccco1. The maximum Gasteiger partial charge on any atom is 0.243 e. The molecule has 33 heavy (non-hydrogen) atoms. The highest BCUT2D eigenvalue weighted by molar-refractivity contribution is 7.92. The van der Waals surface area contributed by atoms with E-state index in [4.69, 9.17) is 13.9 Å². The largest absolute Gasteiger partial charge is 0.494 e. The number of furan rings is 1. The number of methoxy groups -OCH3 is 2. The van der Waals surface area contributed by atoms with Gasteiger partial charge < -0.3 is 18.8 Å². The number of rotatable bonds is 9. The van der Waals surface area contributed by atoms with Crippen LogP contribution in [0.2, 0.25) is 0 Å². The van der Waals surface area contributed by atoms with Gasteiger partial charge in [-0.15, -0.1) is 10.2 Å². The highest BCUT2D eigenvalue weighted by Crippen LogP contribution is 2.37. The average Bonchev–Trinajstić information content (AvgIpc) is 3.58. The standard InChI is InChI=1S/C21H25N5O6S/c1-30-15-7-5-8-16(31-2)19(15)26-20(17-9-6-13-32-17)22-23-21(26)24-33(28,29)14-10-18(27)25-11-3-4-12-25/h5-9,13H,3-4,10-12,14H2,1-2H3,(H,23,24). The number of hydrogen-bond acceptors (Lipinski definition) is 8. The van der Waals surface area contributed by atoms with Crippen molar-refractivity contribution in [2.45, 2.75) is 19.3 Å². The van der Waals surface area contributed by atoms with Gasteiger partial charge in [0, 0.05) is 19.5 Å². The molecular weight excluding hydrogens is 450 g/mol. The van der Waals surface area contributed by atoms with E-state index in [1.165, 1.54) is 25.0 Å². The maximum absolute atomic E-state index is 12.9. The first-order valence-electron chi connectivity index (χ1n) is 10.4. The second kappa shape index (κ2) is 9.53. The van der Waals surface area contributed by atoms with E-state index in [9.17, 15) is 13.2 Å². The molecule has 1 fully saturated rings. The minimum atomic E-state index is -3.92. The molecule has 1 aliphatic heterocycles. The molecule has 1 aliphatic rings.